The fourth-order valence-electron chi connectivity index (χ4n) is 1.41. The first-order valence-corrected chi connectivity index (χ1v) is 4.49. The highest BCUT2D eigenvalue weighted by Crippen LogP contribution is 2.35. The van der Waals surface area contributed by atoms with Gasteiger partial charge in [0.25, 0.3) is 0 Å². The molecule has 0 radical (unpaired) electrons. The van der Waals surface area contributed by atoms with Gasteiger partial charge in [0.05, 0.1) is 5.52 Å². The van der Waals surface area contributed by atoms with Crippen LogP contribution in [0.3, 0.4) is 0 Å². The number of fused-ring (bicyclic) bond motifs is 1. The van der Waals surface area contributed by atoms with E-state index >= 15 is 0 Å². The largest absolute Gasteiger partial charge is 0.319 e. The summed E-state index contributed by atoms with van der Waals surface area (Å²) in [4.78, 5) is 0. The van der Waals surface area contributed by atoms with Crippen LogP contribution in [0.2, 0.25) is 0 Å². The number of aromatic nitrogens is 2. The first-order chi connectivity index (χ1) is 7.03. The van der Waals surface area contributed by atoms with Gasteiger partial charge >= 0.3 is 5.92 Å². The highest BCUT2D eigenvalue weighted by atomic mass is 19.3. The van der Waals surface area contributed by atoms with Crippen LogP contribution in [0, 0.1) is 0 Å². The number of rotatable bonds is 2. The van der Waals surface area contributed by atoms with E-state index in [2.05, 4.69) is 10.2 Å². The second kappa shape index (κ2) is 3.25. The van der Waals surface area contributed by atoms with Gasteiger partial charge < -0.3 is 0 Å². The topological polar surface area (TPSA) is 28.7 Å². The molecule has 2 aromatic rings. The van der Waals surface area contributed by atoms with Crippen molar-refractivity contribution in [3.05, 3.63) is 30.0 Å². The summed E-state index contributed by atoms with van der Waals surface area (Å²) >= 11 is 0. The van der Waals surface area contributed by atoms with Crippen LogP contribution in [0.4, 0.5) is 13.2 Å². The van der Waals surface area contributed by atoms with Gasteiger partial charge in [-0.15, -0.1) is 0 Å². The van der Waals surface area contributed by atoms with Gasteiger partial charge in [-0.05, 0) is 13.0 Å². The van der Waals surface area contributed by atoms with E-state index in [4.69, 9.17) is 0 Å². The van der Waals surface area contributed by atoms with Crippen molar-refractivity contribution in [2.45, 2.75) is 19.0 Å². The van der Waals surface area contributed by atoms with Gasteiger partial charge in [-0.25, -0.2) is 4.39 Å². The van der Waals surface area contributed by atoms with Crippen molar-refractivity contribution >= 4 is 10.9 Å². The average Bonchev–Trinajstić information content (AvgIpc) is 2.61. The Balaban J connectivity index is 2.62. The SMILES string of the molecule is CC(F)C(F)(F)c1[nH]nc2ccccc12. The van der Waals surface area contributed by atoms with Gasteiger partial charge in [0.1, 0.15) is 5.69 Å². The summed E-state index contributed by atoms with van der Waals surface area (Å²) in [7, 11) is 0. The van der Waals surface area contributed by atoms with Crippen LogP contribution in [0.25, 0.3) is 10.9 Å². The third-order valence-electron chi connectivity index (χ3n) is 2.29. The van der Waals surface area contributed by atoms with E-state index in [1.807, 2.05) is 0 Å². The summed E-state index contributed by atoms with van der Waals surface area (Å²) in [5.41, 5.74) is -0.0547. The Kier molecular flexibility index (Phi) is 2.17. The molecule has 1 N–H and O–H groups in total. The number of halogens is 3. The molecule has 1 heterocycles. The highest BCUT2D eigenvalue weighted by Gasteiger charge is 2.42. The van der Waals surface area contributed by atoms with Gasteiger partial charge in [0.15, 0.2) is 6.17 Å². The summed E-state index contributed by atoms with van der Waals surface area (Å²) in [5, 5.41) is 6.15. The highest BCUT2D eigenvalue weighted by molar-refractivity contribution is 5.81. The number of alkyl halides is 3. The Morgan fingerprint density at radius 3 is 2.67 bits per heavy atom. The summed E-state index contributed by atoms with van der Waals surface area (Å²) in [6.45, 7) is 0.829. The molecule has 0 saturated carbocycles. The minimum atomic E-state index is -3.53. The molecule has 0 saturated heterocycles. The molecule has 0 fully saturated rings. The zero-order valence-corrected chi connectivity index (χ0v) is 7.97. The van der Waals surface area contributed by atoms with Gasteiger partial charge in [-0.3, -0.25) is 5.10 Å². The molecule has 0 aliphatic carbocycles. The molecule has 1 aromatic heterocycles. The Hall–Kier alpha value is -1.52. The van der Waals surface area contributed by atoms with Crippen molar-refractivity contribution in [2.24, 2.45) is 0 Å². The number of nitrogens with zero attached hydrogens (tertiary/aromatic N) is 1. The zero-order chi connectivity index (χ0) is 11.1. The standard InChI is InChI=1S/C10H9F3N2/c1-6(11)10(12,13)9-7-4-2-3-5-8(7)14-15-9/h2-6H,1H3,(H,14,15). The molecule has 0 bridgehead atoms. The van der Waals surface area contributed by atoms with Gasteiger partial charge in [0.2, 0.25) is 0 Å². The minimum Gasteiger partial charge on any atom is -0.275 e. The van der Waals surface area contributed by atoms with Crippen molar-refractivity contribution in [1.82, 2.24) is 10.2 Å². The molecule has 0 spiro atoms. The molecule has 1 unspecified atom stereocenters. The van der Waals surface area contributed by atoms with E-state index in [0.717, 1.165) is 6.92 Å². The van der Waals surface area contributed by atoms with E-state index in [-0.39, 0.29) is 5.39 Å². The molecule has 1 atom stereocenters. The number of H-pyrrole nitrogens is 1. The summed E-state index contributed by atoms with van der Waals surface area (Å²) in [5.74, 6) is -3.53. The maximum Gasteiger partial charge on any atom is 0.319 e. The van der Waals surface area contributed by atoms with E-state index in [1.54, 1.807) is 18.2 Å². The Morgan fingerprint density at radius 2 is 2.00 bits per heavy atom. The molecule has 2 nitrogen and oxygen atoms in total. The van der Waals surface area contributed by atoms with Crippen molar-refractivity contribution in [2.75, 3.05) is 0 Å². The molecule has 0 amide bonds. The van der Waals surface area contributed by atoms with Crippen molar-refractivity contribution in [3.8, 4) is 0 Å². The first kappa shape index (κ1) is 10.0. The molecule has 1 aromatic carbocycles. The molecular weight excluding hydrogens is 205 g/mol. The fraction of sp³-hybridized carbons (Fsp3) is 0.300. The smallest absolute Gasteiger partial charge is 0.275 e. The maximum atomic E-state index is 13.4. The monoisotopic (exact) mass is 214 g/mol. The normalized spacial score (nSPS) is 14.4. The lowest BCUT2D eigenvalue weighted by Crippen LogP contribution is -2.25. The third-order valence-corrected chi connectivity index (χ3v) is 2.29. The fourth-order valence-corrected chi connectivity index (χ4v) is 1.41. The van der Waals surface area contributed by atoms with Crippen LogP contribution in [0.15, 0.2) is 24.3 Å². The number of hydrogen-bond donors (Lipinski definition) is 1. The lowest BCUT2D eigenvalue weighted by molar-refractivity contribution is -0.0736. The molecular formula is C10H9F3N2. The van der Waals surface area contributed by atoms with Crippen LogP contribution in [-0.4, -0.2) is 16.4 Å². The van der Waals surface area contributed by atoms with Crippen LogP contribution in [-0.2, 0) is 5.92 Å². The van der Waals surface area contributed by atoms with E-state index in [9.17, 15) is 13.2 Å². The van der Waals surface area contributed by atoms with Crippen LogP contribution in [0.5, 0.6) is 0 Å². The average molecular weight is 214 g/mol. The van der Waals surface area contributed by atoms with Gasteiger partial charge in [-0.1, -0.05) is 18.2 Å². The predicted octanol–water partition coefficient (Wildman–Crippen LogP) is 3.01. The van der Waals surface area contributed by atoms with Gasteiger partial charge in [-0.2, -0.15) is 13.9 Å². The second-order valence-corrected chi connectivity index (χ2v) is 3.35. The third kappa shape index (κ3) is 1.48. The molecule has 15 heavy (non-hydrogen) atoms. The Bertz CT molecular complexity index is 476. The van der Waals surface area contributed by atoms with Crippen molar-refractivity contribution in [3.63, 3.8) is 0 Å². The predicted molar refractivity (Wildman–Crippen MR) is 50.6 cm³/mol. The van der Waals surface area contributed by atoms with Crippen LogP contribution >= 0.6 is 0 Å². The molecule has 0 aliphatic heterocycles. The quantitative estimate of drug-likeness (QED) is 0.817. The number of aromatic amines is 1. The minimum absolute atomic E-state index is 0.256. The number of para-hydroxylation sites is 1. The van der Waals surface area contributed by atoms with Crippen molar-refractivity contribution < 1.29 is 13.2 Å². The van der Waals surface area contributed by atoms with E-state index in [1.165, 1.54) is 6.07 Å². The lowest BCUT2D eigenvalue weighted by Gasteiger charge is -2.15. The Morgan fingerprint density at radius 1 is 1.33 bits per heavy atom. The van der Waals surface area contributed by atoms with E-state index < -0.39 is 17.8 Å². The number of hydrogen-bond acceptors (Lipinski definition) is 1. The van der Waals surface area contributed by atoms with Crippen LogP contribution in [0.1, 0.15) is 12.6 Å². The number of benzene rings is 1. The zero-order valence-electron chi connectivity index (χ0n) is 7.97. The first-order valence-electron chi connectivity index (χ1n) is 4.49. The van der Waals surface area contributed by atoms with Gasteiger partial charge in [0, 0.05) is 5.39 Å². The Labute approximate surface area is 84.1 Å². The van der Waals surface area contributed by atoms with Crippen LogP contribution < -0.4 is 0 Å². The second-order valence-electron chi connectivity index (χ2n) is 3.35. The van der Waals surface area contributed by atoms with Crippen molar-refractivity contribution in [1.29, 1.82) is 0 Å². The molecule has 0 aliphatic rings. The summed E-state index contributed by atoms with van der Waals surface area (Å²) in [6.07, 6.45) is -2.25. The molecule has 5 heteroatoms. The summed E-state index contributed by atoms with van der Waals surface area (Å²) in [6, 6.07) is 6.38. The maximum absolute atomic E-state index is 13.4. The molecule has 2 rings (SSSR count). The molecule has 80 valence electrons. The van der Waals surface area contributed by atoms with E-state index in [0.29, 0.717) is 5.52 Å². The lowest BCUT2D eigenvalue weighted by atomic mass is 10.1. The summed E-state index contributed by atoms with van der Waals surface area (Å²) < 4.78 is 39.6. The number of nitrogens with one attached hydrogen (secondary N) is 1.